The molecule has 0 unspecified atom stereocenters. The molecule has 1 nitrogen and oxygen atoms in total. The topological polar surface area (TPSA) is 17.1 Å². The highest BCUT2D eigenvalue weighted by atomic mass is 35.5. The lowest BCUT2D eigenvalue weighted by molar-refractivity contribution is 0.578. The second kappa shape index (κ2) is 2.90. The van der Waals surface area contributed by atoms with Crippen LogP contribution in [0.4, 0.5) is 0 Å². The molecule has 0 amide bonds. The zero-order chi connectivity index (χ0) is 8.60. The number of hydrogen-bond acceptors (Lipinski definition) is 1. The number of halogens is 1. The summed E-state index contributed by atoms with van der Waals surface area (Å²) in [6.45, 7) is 0. The van der Waals surface area contributed by atoms with Gasteiger partial charge in [0.05, 0.1) is 5.62 Å². The van der Waals surface area contributed by atoms with E-state index in [0.717, 1.165) is 0 Å². The van der Waals surface area contributed by atoms with Crippen molar-refractivity contribution in [2.75, 3.05) is 5.62 Å². The van der Waals surface area contributed by atoms with Gasteiger partial charge < -0.3 is 4.57 Å². The van der Waals surface area contributed by atoms with Gasteiger partial charge in [-0.2, -0.15) is 0 Å². The van der Waals surface area contributed by atoms with Crippen molar-refractivity contribution in [2.24, 2.45) is 0 Å². The lowest BCUT2D eigenvalue weighted by Crippen LogP contribution is -1.79. The van der Waals surface area contributed by atoms with E-state index in [0.29, 0.717) is 17.9 Å². The van der Waals surface area contributed by atoms with Crippen molar-refractivity contribution in [1.82, 2.24) is 0 Å². The van der Waals surface area contributed by atoms with E-state index in [2.05, 4.69) is 0 Å². The predicted octanol–water partition coefficient (Wildman–Crippen LogP) is 3.26. The number of hydrogen-bond donors (Lipinski definition) is 0. The van der Waals surface area contributed by atoms with E-state index in [1.165, 1.54) is 11.1 Å². The first-order valence-electron chi connectivity index (χ1n) is 3.93. The van der Waals surface area contributed by atoms with E-state index in [4.69, 9.17) is 11.6 Å². The van der Waals surface area contributed by atoms with Crippen LogP contribution in [0.15, 0.2) is 24.3 Å². The van der Waals surface area contributed by atoms with Gasteiger partial charge in [-0.15, -0.1) is 11.6 Å². The molecule has 0 aliphatic carbocycles. The molecule has 12 heavy (non-hydrogen) atoms. The van der Waals surface area contributed by atoms with Crippen LogP contribution >= 0.6 is 18.7 Å². The number of fused-ring (bicyclic) bond motifs is 1. The third kappa shape index (κ3) is 1.32. The summed E-state index contributed by atoms with van der Waals surface area (Å²) in [4.78, 5) is 0. The predicted molar refractivity (Wildman–Crippen MR) is 52.2 cm³/mol. The van der Waals surface area contributed by atoms with Crippen LogP contribution in [0.2, 0.25) is 0 Å². The molecule has 0 atom stereocenters. The van der Waals surface area contributed by atoms with Crippen molar-refractivity contribution in [2.45, 2.75) is 12.3 Å². The first kappa shape index (κ1) is 8.34. The Kier molecular flexibility index (Phi) is 2.02. The van der Waals surface area contributed by atoms with E-state index in [9.17, 15) is 4.57 Å². The maximum atomic E-state index is 11.9. The molecule has 0 bridgehead atoms. The second-order valence-corrected chi connectivity index (χ2v) is 6.97. The van der Waals surface area contributed by atoms with E-state index in [1.807, 2.05) is 24.3 Å². The van der Waals surface area contributed by atoms with Crippen LogP contribution in [0.1, 0.15) is 11.1 Å². The molecular weight excluding hydrogens is 191 g/mol. The van der Waals surface area contributed by atoms with Crippen molar-refractivity contribution in [1.29, 1.82) is 0 Å². The Morgan fingerprint density at radius 3 is 2.17 bits per heavy atom. The normalized spacial score (nSPS) is 19.1. The first-order valence-corrected chi connectivity index (χ1v) is 6.73. The molecule has 1 aromatic rings. The molecule has 0 N–H and O–H groups in total. The second-order valence-electron chi connectivity index (χ2n) is 3.26. The molecule has 0 saturated carbocycles. The molecule has 0 fully saturated rings. The molecule has 0 saturated heterocycles. The van der Waals surface area contributed by atoms with Gasteiger partial charge in [0.15, 0.2) is 0 Å². The van der Waals surface area contributed by atoms with Crippen LogP contribution in [-0.4, -0.2) is 5.62 Å². The lowest BCUT2D eigenvalue weighted by Gasteiger charge is -2.03. The van der Waals surface area contributed by atoms with E-state index in [1.54, 1.807) is 0 Å². The molecule has 1 heterocycles. The quantitative estimate of drug-likeness (QED) is 0.502. The maximum Gasteiger partial charge on any atom is 0.110 e. The van der Waals surface area contributed by atoms with Crippen LogP contribution in [0.25, 0.3) is 0 Å². The summed E-state index contributed by atoms with van der Waals surface area (Å²) in [5, 5.41) is 0. The summed E-state index contributed by atoms with van der Waals surface area (Å²) >= 11 is 5.68. The molecule has 1 aliphatic rings. The zero-order valence-corrected chi connectivity index (χ0v) is 8.31. The Hall–Kier alpha value is -0.260. The summed E-state index contributed by atoms with van der Waals surface area (Å²) in [6, 6.07) is 8.06. The third-order valence-corrected chi connectivity index (χ3v) is 5.83. The van der Waals surface area contributed by atoms with Crippen LogP contribution in [-0.2, 0) is 16.9 Å². The van der Waals surface area contributed by atoms with E-state index < -0.39 is 7.14 Å². The zero-order valence-electron chi connectivity index (χ0n) is 6.66. The molecule has 0 aromatic heterocycles. The SMILES string of the molecule is O=P1(CCl)Cc2ccccc2C1. The van der Waals surface area contributed by atoms with Gasteiger partial charge in [0.2, 0.25) is 0 Å². The monoisotopic (exact) mass is 200 g/mol. The molecule has 2 rings (SSSR count). The van der Waals surface area contributed by atoms with Crippen LogP contribution in [0, 0.1) is 0 Å². The fraction of sp³-hybridized carbons (Fsp3) is 0.333. The Balaban J connectivity index is 2.39. The molecule has 0 spiro atoms. The smallest absolute Gasteiger partial charge is 0.110 e. The van der Waals surface area contributed by atoms with Crippen molar-refractivity contribution < 1.29 is 4.57 Å². The Bertz CT molecular complexity index is 319. The molecule has 64 valence electrons. The minimum atomic E-state index is -2.07. The number of alkyl halides is 1. The molecule has 1 aliphatic heterocycles. The fourth-order valence-electron chi connectivity index (χ4n) is 1.63. The van der Waals surface area contributed by atoms with Crippen LogP contribution in [0.5, 0.6) is 0 Å². The molecule has 3 heteroatoms. The summed E-state index contributed by atoms with van der Waals surface area (Å²) in [7, 11) is -2.07. The van der Waals surface area contributed by atoms with Gasteiger partial charge in [-0.1, -0.05) is 24.3 Å². The standard InChI is InChI=1S/C9H10ClOP/c10-7-12(11)5-8-3-1-2-4-9(8)6-12/h1-4H,5-7H2. The van der Waals surface area contributed by atoms with Gasteiger partial charge in [0.25, 0.3) is 0 Å². The van der Waals surface area contributed by atoms with Crippen molar-refractivity contribution in [3.8, 4) is 0 Å². The summed E-state index contributed by atoms with van der Waals surface area (Å²) in [5.41, 5.74) is 2.77. The van der Waals surface area contributed by atoms with Gasteiger partial charge in [-0.05, 0) is 11.1 Å². The van der Waals surface area contributed by atoms with Gasteiger partial charge in [0, 0.05) is 12.3 Å². The van der Waals surface area contributed by atoms with Crippen LogP contribution in [0.3, 0.4) is 0 Å². The molecule has 0 radical (unpaired) electrons. The van der Waals surface area contributed by atoms with Gasteiger partial charge >= 0.3 is 0 Å². The third-order valence-electron chi connectivity index (χ3n) is 2.25. The number of benzene rings is 1. The van der Waals surface area contributed by atoms with Crippen molar-refractivity contribution >= 4 is 18.7 Å². The molecular formula is C9H10ClOP. The lowest BCUT2D eigenvalue weighted by atomic mass is 10.1. The highest BCUT2D eigenvalue weighted by Crippen LogP contribution is 2.58. The summed E-state index contributed by atoms with van der Waals surface area (Å²) in [6.07, 6.45) is 1.40. The van der Waals surface area contributed by atoms with Gasteiger partial charge in [-0.25, -0.2) is 0 Å². The van der Waals surface area contributed by atoms with Gasteiger partial charge in [0.1, 0.15) is 7.14 Å². The fourth-order valence-corrected chi connectivity index (χ4v) is 4.27. The van der Waals surface area contributed by atoms with Gasteiger partial charge in [-0.3, -0.25) is 0 Å². The summed E-state index contributed by atoms with van der Waals surface area (Å²) < 4.78 is 11.9. The average Bonchev–Trinajstić information content (AvgIpc) is 2.42. The first-order chi connectivity index (χ1) is 5.73. The van der Waals surface area contributed by atoms with E-state index >= 15 is 0 Å². The summed E-state index contributed by atoms with van der Waals surface area (Å²) in [5.74, 6) is 0. The highest BCUT2D eigenvalue weighted by molar-refractivity contribution is 7.64. The average molecular weight is 201 g/mol. The van der Waals surface area contributed by atoms with Crippen LogP contribution < -0.4 is 0 Å². The van der Waals surface area contributed by atoms with Crippen molar-refractivity contribution in [3.05, 3.63) is 35.4 Å². The molecule has 1 aromatic carbocycles. The van der Waals surface area contributed by atoms with E-state index in [-0.39, 0.29) is 0 Å². The Morgan fingerprint density at radius 1 is 1.25 bits per heavy atom. The highest BCUT2D eigenvalue weighted by Gasteiger charge is 2.29. The largest absolute Gasteiger partial charge is 0.322 e. The number of rotatable bonds is 1. The van der Waals surface area contributed by atoms with Crippen molar-refractivity contribution in [3.63, 3.8) is 0 Å². The minimum absolute atomic E-state index is 0.321. The Labute approximate surface area is 77.1 Å². The Morgan fingerprint density at radius 2 is 1.75 bits per heavy atom. The maximum absolute atomic E-state index is 11.9. The minimum Gasteiger partial charge on any atom is -0.322 e.